The van der Waals surface area contributed by atoms with Crippen LogP contribution in [0.5, 0.6) is 0 Å². The molecule has 1 aromatic heterocycles. The Morgan fingerprint density at radius 1 is 1.25 bits per heavy atom. The molecule has 0 aliphatic carbocycles. The molecule has 1 aromatic carbocycles. The van der Waals surface area contributed by atoms with Gasteiger partial charge in [-0.2, -0.15) is 5.26 Å². The molecular weight excluding hydrogens is 370 g/mol. The van der Waals surface area contributed by atoms with Crippen molar-refractivity contribution < 1.29 is 9.59 Å². The number of aryl methyl sites for hydroxylation is 1. The number of nitrogens with one attached hydrogen (secondary N) is 1. The first kappa shape index (κ1) is 20.1. The van der Waals surface area contributed by atoms with Gasteiger partial charge in [0.2, 0.25) is 11.8 Å². The third-order valence-electron chi connectivity index (χ3n) is 4.95. The number of anilines is 1. The monoisotopic (exact) mass is 395 g/mol. The molecule has 0 saturated carbocycles. The van der Waals surface area contributed by atoms with E-state index >= 15 is 0 Å². The maximum atomic E-state index is 12.6. The van der Waals surface area contributed by atoms with Crippen molar-refractivity contribution >= 4 is 28.8 Å². The molecule has 3 rings (SSSR count). The van der Waals surface area contributed by atoms with Gasteiger partial charge in [0.25, 0.3) is 0 Å². The molecule has 1 aliphatic rings. The van der Waals surface area contributed by atoms with Gasteiger partial charge in [-0.3, -0.25) is 9.59 Å². The van der Waals surface area contributed by atoms with Crippen LogP contribution >= 0.6 is 11.3 Å². The molecule has 1 atom stereocenters. The van der Waals surface area contributed by atoms with Crippen LogP contribution in [0.1, 0.15) is 55.7 Å². The lowest BCUT2D eigenvalue weighted by Crippen LogP contribution is -2.41. The van der Waals surface area contributed by atoms with E-state index in [0.29, 0.717) is 6.42 Å². The van der Waals surface area contributed by atoms with Crippen LogP contribution in [0.25, 0.3) is 0 Å². The number of thiophene rings is 1. The molecule has 0 spiro atoms. The molecule has 0 radical (unpaired) electrons. The van der Waals surface area contributed by atoms with Crippen molar-refractivity contribution in [1.82, 2.24) is 5.32 Å². The molecule has 6 heteroatoms. The van der Waals surface area contributed by atoms with Gasteiger partial charge in [0, 0.05) is 11.3 Å². The highest BCUT2D eigenvalue weighted by atomic mass is 32.1. The Morgan fingerprint density at radius 2 is 1.96 bits per heavy atom. The largest absolute Gasteiger partial charge is 0.335 e. The fraction of sp³-hybridized carbons (Fsp3) is 0.409. The van der Waals surface area contributed by atoms with E-state index in [1.54, 1.807) is 16.2 Å². The minimum atomic E-state index is -0.745. The quantitative estimate of drug-likeness (QED) is 0.847. The Hall–Kier alpha value is -2.65. The van der Waals surface area contributed by atoms with Gasteiger partial charge in [-0.25, -0.2) is 0 Å². The van der Waals surface area contributed by atoms with Crippen LogP contribution in [0.2, 0.25) is 0 Å². The lowest BCUT2D eigenvalue weighted by molar-refractivity contribution is -0.124. The first-order chi connectivity index (χ1) is 13.3. The number of rotatable bonds is 4. The molecule has 0 unspecified atom stereocenters. The number of amides is 2. The van der Waals surface area contributed by atoms with Gasteiger partial charge in [0.15, 0.2) is 0 Å². The summed E-state index contributed by atoms with van der Waals surface area (Å²) in [5.41, 5.74) is 2.75. The van der Waals surface area contributed by atoms with Crippen LogP contribution in [0.4, 0.5) is 5.69 Å². The van der Waals surface area contributed by atoms with E-state index in [1.165, 1.54) is 5.56 Å². The Bertz CT molecular complexity index is 903. The number of nitriles is 1. The highest BCUT2D eigenvalue weighted by Gasteiger charge is 2.26. The average molecular weight is 396 g/mol. The van der Waals surface area contributed by atoms with Gasteiger partial charge in [-0.1, -0.05) is 45.0 Å². The zero-order chi connectivity index (χ0) is 20.3. The molecule has 0 fully saturated rings. The standard InChI is InChI=1S/C22H25N3O2S/c1-22(2,3)16-9-7-15(8-10-16)17(13-23)24-20(26)14-25-18-11-12-28-19(18)5-4-6-21(25)27/h7-12,17H,4-6,14H2,1-3H3,(H,24,26)/t17-/m1/s1. The molecule has 5 nitrogen and oxygen atoms in total. The molecule has 2 amide bonds. The minimum absolute atomic E-state index is 0.0231. The lowest BCUT2D eigenvalue weighted by atomic mass is 9.86. The summed E-state index contributed by atoms with van der Waals surface area (Å²) in [6.45, 7) is 6.31. The van der Waals surface area contributed by atoms with Gasteiger partial charge in [0.05, 0.1) is 11.8 Å². The summed E-state index contributed by atoms with van der Waals surface area (Å²) in [5, 5.41) is 14.3. The van der Waals surface area contributed by atoms with Gasteiger partial charge in [-0.15, -0.1) is 11.3 Å². The predicted octanol–water partition coefficient (Wildman–Crippen LogP) is 4.10. The maximum Gasteiger partial charge on any atom is 0.241 e. The first-order valence-electron chi connectivity index (χ1n) is 9.46. The van der Waals surface area contributed by atoms with Crippen molar-refractivity contribution in [2.75, 3.05) is 11.4 Å². The Labute approximate surface area is 170 Å². The van der Waals surface area contributed by atoms with E-state index in [0.717, 1.165) is 29.0 Å². The van der Waals surface area contributed by atoms with E-state index in [1.807, 2.05) is 35.7 Å². The predicted molar refractivity (Wildman–Crippen MR) is 111 cm³/mol. The summed E-state index contributed by atoms with van der Waals surface area (Å²) < 4.78 is 0. The van der Waals surface area contributed by atoms with Gasteiger partial charge >= 0.3 is 0 Å². The van der Waals surface area contributed by atoms with Crippen LogP contribution < -0.4 is 10.2 Å². The third-order valence-corrected chi connectivity index (χ3v) is 5.92. The summed E-state index contributed by atoms with van der Waals surface area (Å²) in [6, 6.07) is 11.0. The second-order valence-corrected chi connectivity index (χ2v) is 9.06. The van der Waals surface area contributed by atoms with Crippen LogP contribution in [0.15, 0.2) is 35.7 Å². The zero-order valence-corrected chi connectivity index (χ0v) is 17.3. The molecule has 28 heavy (non-hydrogen) atoms. The van der Waals surface area contributed by atoms with Crippen molar-refractivity contribution in [2.24, 2.45) is 0 Å². The fourth-order valence-corrected chi connectivity index (χ4v) is 4.24. The number of benzene rings is 1. The van der Waals surface area contributed by atoms with Crippen molar-refractivity contribution in [3.8, 4) is 6.07 Å². The lowest BCUT2D eigenvalue weighted by Gasteiger charge is -2.22. The summed E-state index contributed by atoms with van der Waals surface area (Å²) in [6.07, 6.45) is 2.09. The maximum absolute atomic E-state index is 12.6. The Kier molecular flexibility index (Phi) is 5.85. The van der Waals surface area contributed by atoms with Gasteiger partial charge in [0.1, 0.15) is 12.6 Å². The highest BCUT2D eigenvalue weighted by molar-refractivity contribution is 7.10. The highest BCUT2D eigenvalue weighted by Crippen LogP contribution is 2.31. The third kappa shape index (κ3) is 4.42. The number of fused-ring (bicyclic) bond motifs is 1. The molecular formula is C22H25N3O2S. The summed E-state index contributed by atoms with van der Waals surface area (Å²) in [5.74, 6) is -0.380. The van der Waals surface area contributed by atoms with Crippen molar-refractivity contribution in [3.05, 3.63) is 51.7 Å². The van der Waals surface area contributed by atoms with Gasteiger partial charge < -0.3 is 10.2 Å². The summed E-state index contributed by atoms with van der Waals surface area (Å²) in [4.78, 5) is 27.7. The SMILES string of the molecule is CC(C)(C)c1ccc([C@@H](C#N)NC(=O)CN2C(=O)CCCc3sccc32)cc1. The smallest absolute Gasteiger partial charge is 0.241 e. The zero-order valence-electron chi connectivity index (χ0n) is 16.5. The van der Waals surface area contributed by atoms with Crippen molar-refractivity contribution in [1.29, 1.82) is 5.26 Å². The molecule has 0 bridgehead atoms. The fourth-order valence-electron chi connectivity index (χ4n) is 3.32. The van der Waals surface area contributed by atoms with Crippen LogP contribution in [-0.2, 0) is 21.4 Å². The molecule has 1 aliphatic heterocycles. The molecule has 1 N–H and O–H groups in total. The normalized spacial score (nSPS) is 15.4. The summed E-state index contributed by atoms with van der Waals surface area (Å²) in [7, 11) is 0. The second-order valence-electron chi connectivity index (χ2n) is 8.06. The molecule has 0 saturated heterocycles. The van der Waals surface area contributed by atoms with Crippen molar-refractivity contribution in [2.45, 2.75) is 51.5 Å². The van der Waals surface area contributed by atoms with E-state index in [4.69, 9.17) is 0 Å². The Balaban J connectivity index is 1.71. The van der Waals surface area contributed by atoms with Gasteiger partial charge in [-0.05, 0) is 40.8 Å². The first-order valence-corrected chi connectivity index (χ1v) is 10.3. The number of nitrogens with zero attached hydrogens (tertiary/aromatic N) is 2. The van der Waals surface area contributed by atoms with Crippen LogP contribution in [0, 0.1) is 11.3 Å². The molecule has 2 aromatic rings. The number of carbonyl (C=O) groups is 2. The minimum Gasteiger partial charge on any atom is -0.335 e. The number of carbonyl (C=O) groups excluding carboxylic acids is 2. The molecule has 146 valence electrons. The van der Waals surface area contributed by atoms with Crippen molar-refractivity contribution in [3.63, 3.8) is 0 Å². The van der Waals surface area contributed by atoms with E-state index in [2.05, 4.69) is 32.2 Å². The Morgan fingerprint density at radius 3 is 2.61 bits per heavy atom. The number of hydrogen-bond donors (Lipinski definition) is 1. The van der Waals surface area contributed by atoms with Crippen LogP contribution in [0.3, 0.4) is 0 Å². The summed E-state index contributed by atoms with van der Waals surface area (Å²) >= 11 is 1.61. The van der Waals surface area contributed by atoms with E-state index < -0.39 is 6.04 Å². The average Bonchev–Trinajstić information content (AvgIpc) is 3.06. The molecule has 2 heterocycles. The topological polar surface area (TPSA) is 73.2 Å². The van der Waals surface area contributed by atoms with Crippen LogP contribution in [-0.4, -0.2) is 18.4 Å². The second kappa shape index (κ2) is 8.15. The van der Waals surface area contributed by atoms with E-state index in [-0.39, 0.29) is 23.8 Å². The van der Waals surface area contributed by atoms with E-state index in [9.17, 15) is 14.9 Å². The number of hydrogen-bond acceptors (Lipinski definition) is 4.